The summed E-state index contributed by atoms with van der Waals surface area (Å²) in [7, 11) is 0. The van der Waals surface area contributed by atoms with E-state index in [2.05, 4.69) is 15.9 Å². The minimum atomic E-state index is -0.915. The Morgan fingerprint density at radius 2 is 2.38 bits per heavy atom. The molecule has 2 heterocycles. The lowest BCUT2D eigenvalue weighted by Gasteiger charge is -2.20. The van der Waals surface area contributed by atoms with Gasteiger partial charge < -0.3 is 10.0 Å². The van der Waals surface area contributed by atoms with E-state index < -0.39 is 12.0 Å². The molecular formula is C10H10BrNO3S. The van der Waals surface area contributed by atoms with Crippen molar-refractivity contribution in [3.05, 3.63) is 20.8 Å². The highest BCUT2D eigenvalue weighted by molar-refractivity contribution is 9.11. The normalized spacial score (nSPS) is 20.4. The molecule has 6 heteroatoms. The lowest BCUT2D eigenvalue weighted by Crippen LogP contribution is -2.37. The van der Waals surface area contributed by atoms with E-state index in [4.69, 9.17) is 5.11 Å². The first kappa shape index (κ1) is 11.6. The zero-order chi connectivity index (χ0) is 11.7. The molecule has 1 amide bonds. The van der Waals surface area contributed by atoms with Gasteiger partial charge in [0.25, 0.3) is 0 Å². The maximum Gasteiger partial charge on any atom is 0.326 e. The highest BCUT2D eigenvalue weighted by Gasteiger charge is 2.35. The number of hydrogen-bond donors (Lipinski definition) is 1. The Balaban J connectivity index is 2.12. The Labute approximate surface area is 105 Å². The quantitative estimate of drug-likeness (QED) is 0.930. The summed E-state index contributed by atoms with van der Waals surface area (Å²) in [4.78, 5) is 24.9. The number of thiophene rings is 1. The molecule has 1 fully saturated rings. The summed E-state index contributed by atoms with van der Waals surface area (Å²) in [5, 5.41) is 8.98. The van der Waals surface area contributed by atoms with Gasteiger partial charge in [-0.25, -0.2) is 4.79 Å². The summed E-state index contributed by atoms with van der Waals surface area (Å²) in [6.07, 6.45) is 0.754. The van der Waals surface area contributed by atoms with Crippen LogP contribution in [-0.4, -0.2) is 27.9 Å². The molecule has 1 aromatic heterocycles. The van der Waals surface area contributed by atoms with Crippen LogP contribution in [0.2, 0.25) is 0 Å². The van der Waals surface area contributed by atoms with E-state index in [1.807, 2.05) is 12.1 Å². The molecule has 1 N–H and O–H groups in total. The summed E-state index contributed by atoms with van der Waals surface area (Å²) in [5.41, 5.74) is 0. The van der Waals surface area contributed by atoms with Crippen LogP contribution in [0.4, 0.5) is 0 Å². The molecule has 1 aliphatic heterocycles. The van der Waals surface area contributed by atoms with Crippen LogP contribution in [0.25, 0.3) is 0 Å². The molecule has 0 spiro atoms. The second-order valence-corrected chi connectivity index (χ2v) is 6.17. The van der Waals surface area contributed by atoms with Gasteiger partial charge in [-0.3, -0.25) is 4.79 Å². The molecule has 16 heavy (non-hydrogen) atoms. The molecule has 0 bridgehead atoms. The fourth-order valence-electron chi connectivity index (χ4n) is 1.79. The van der Waals surface area contributed by atoms with Crippen LogP contribution < -0.4 is 0 Å². The van der Waals surface area contributed by atoms with Gasteiger partial charge in [0, 0.05) is 11.3 Å². The molecule has 1 atom stereocenters. The average molecular weight is 304 g/mol. The lowest BCUT2D eigenvalue weighted by atomic mass is 10.2. The number of carboxylic acid groups (broad SMARTS) is 1. The zero-order valence-electron chi connectivity index (χ0n) is 8.35. The van der Waals surface area contributed by atoms with Crippen molar-refractivity contribution in [2.45, 2.75) is 25.4 Å². The van der Waals surface area contributed by atoms with Crippen molar-refractivity contribution >= 4 is 39.1 Å². The van der Waals surface area contributed by atoms with Crippen LogP contribution in [-0.2, 0) is 16.1 Å². The number of carbonyl (C=O) groups is 2. The zero-order valence-corrected chi connectivity index (χ0v) is 10.8. The van der Waals surface area contributed by atoms with Gasteiger partial charge in [-0.1, -0.05) is 0 Å². The number of hydrogen-bond acceptors (Lipinski definition) is 3. The van der Waals surface area contributed by atoms with Gasteiger partial charge in [0.1, 0.15) is 6.04 Å². The smallest absolute Gasteiger partial charge is 0.326 e. The second kappa shape index (κ2) is 4.55. The van der Waals surface area contributed by atoms with E-state index in [0.717, 1.165) is 8.66 Å². The van der Waals surface area contributed by atoms with Gasteiger partial charge in [-0.05, 0) is 34.5 Å². The Kier molecular flexibility index (Phi) is 3.30. The number of aliphatic carboxylic acids is 1. The van der Waals surface area contributed by atoms with Crippen molar-refractivity contribution in [3.63, 3.8) is 0 Å². The molecule has 0 saturated carbocycles. The topological polar surface area (TPSA) is 57.6 Å². The van der Waals surface area contributed by atoms with Gasteiger partial charge in [0.2, 0.25) is 5.91 Å². The van der Waals surface area contributed by atoms with Crippen LogP contribution in [0.15, 0.2) is 15.9 Å². The number of carbonyl (C=O) groups excluding carboxylic acids is 1. The molecule has 1 unspecified atom stereocenters. The first-order valence-electron chi connectivity index (χ1n) is 4.84. The molecule has 4 nitrogen and oxygen atoms in total. The van der Waals surface area contributed by atoms with E-state index in [1.165, 1.54) is 16.2 Å². The van der Waals surface area contributed by atoms with Gasteiger partial charge in [-0.15, -0.1) is 11.3 Å². The van der Waals surface area contributed by atoms with Crippen LogP contribution in [0.3, 0.4) is 0 Å². The average Bonchev–Trinajstić information content (AvgIpc) is 2.76. The van der Waals surface area contributed by atoms with E-state index in [1.54, 1.807) is 0 Å². The van der Waals surface area contributed by atoms with Crippen LogP contribution in [0, 0.1) is 0 Å². The summed E-state index contributed by atoms with van der Waals surface area (Å²) in [6, 6.07) is 3.14. The minimum Gasteiger partial charge on any atom is -0.480 e. The molecule has 0 radical (unpaired) electrons. The van der Waals surface area contributed by atoms with Crippen LogP contribution in [0.5, 0.6) is 0 Å². The standard InChI is InChI=1S/C10H10BrNO3S/c11-8-3-1-6(16-8)5-12-7(10(14)15)2-4-9(12)13/h1,3,7H,2,4-5H2,(H,14,15). The monoisotopic (exact) mass is 303 g/mol. The van der Waals surface area contributed by atoms with E-state index in [9.17, 15) is 9.59 Å². The summed E-state index contributed by atoms with van der Waals surface area (Å²) < 4.78 is 0.987. The SMILES string of the molecule is O=C(O)C1CCC(=O)N1Cc1ccc(Br)s1. The fourth-order valence-corrected chi connectivity index (χ4v) is 3.28. The molecule has 1 saturated heterocycles. The van der Waals surface area contributed by atoms with E-state index in [-0.39, 0.29) is 5.91 Å². The second-order valence-electron chi connectivity index (χ2n) is 3.62. The van der Waals surface area contributed by atoms with Gasteiger partial charge in [0.15, 0.2) is 0 Å². The Hall–Kier alpha value is -0.880. The van der Waals surface area contributed by atoms with Crippen molar-refractivity contribution in [2.24, 2.45) is 0 Å². The molecule has 86 valence electrons. The van der Waals surface area contributed by atoms with Crippen molar-refractivity contribution in [3.8, 4) is 0 Å². The van der Waals surface area contributed by atoms with Crippen molar-refractivity contribution in [1.82, 2.24) is 4.90 Å². The third kappa shape index (κ3) is 2.27. The molecule has 1 aromatic rings. The summed E-state index contributed by atoms with van der Waals surface area (Å²) in [5.74, 6) is -0.988. The van der Waals surface area contributed by atoms with Crippen LogP contribution >= 0.6 is 27.3 Å². The van der Waals surface area contributed by atoms with E-state index in [0.29, 0.717) is 19.4 Å². The Morgan fingerprint density at radius 3 is 2.94 bits per heavy atom. The summed E-state index contributed by atoms with van der Waals surface area (Å²) >= 11 is 4.86. The van der Waals surface area contributed by atoms with Crippen molar-refractivity contribution in [1.29, 1.82) is 0 Å². The Morgan fingerprint density at radius 1 is 1.62 bits per heavy atom. The Bertz CT molecular complexity index is 431. The number of nitrogens with zero attached hydrogens (tertiary/aromatic N) is 1. The number of amides is 1. The maximum atomic E-state index is 11.6. The molecular weight excluding hydrogens is 294 g/mol. The summed E-state index contributed by atoms with van der Waals surface area (Å²) in [6.45, 7) is 0.395. The van der Waals surface area contributed by atoms with Gasteiger partial charge in [0.05, 0.1) is 10.3 Å². The van der Waals surface area contributed by atoms with Gasteiger partial charge in [-0.2, -0.15) is 0 Å². The third-order valence-electron chi connectivity index (χ3n) is 2.57. The predicted molar refractivity (Wildman–Crippen MR) is 63.2 cm³/mol. The highest BCUT2D eigenvalue weighted by Crippen LogP contribution is 2.27. The third-order valence-corrected chi connectivity index (χ3v) is 4.18. The largest absolute Gasteiger partial charge is 0.480 e. The van der Waals surface area contributed by atoms with E-state index >= 15 is 0 Å². The minimum absolute atomic E-state index is 0.0723. The number of carboxylic acids is 1. The molecule has 0 aliphatic carbocycles. The number of rotatable bonds is 3. The number of halogens is 1. The lowest BCUT2D eigenvalue weighted by molar-refractivity contribution is -0.146. The molecule has 1 aliphatic rings. The van der Waals surface area contributed by atoms with Crippen LogP contribution in [0.1, 0.15) is 17.7 Å². The fraction of sp³-hybridized carbons (Fsp3) is 0.400. The number of likely N-dealkylation sites (tertiary alicyclic amines) is 1. The molecule has 2 rings (SSSR count). The molecule has 0 aromatic carbocycles. The maximum absolute atomic E-state index is 11.6. The first-order valence-corrected chi connectivity index (χ1v) is 6.45. The predicted octanol–water partition coefficient (Wildman–Crippen LogP) is 2.09. The van der Waals surface area contributed by atoms with Gasteiger partial charge >= 0.3 is 5.97 Å². The highest BCUT2D eigenvalue weighted by atomic mass is 79.9. The van der Waals surface area contributed by atoms with Crippen molar-refractivity contribution in [2.75, 3.05) is 0 Å². The van der Waals surface area contributed by atoms with Crippen molar-refractivity contribution < 1.29 is 14.7 Å². The first-order chi connectivity index (χ1) is 7.58.